The van der Waals surface area contributed by atoms with E-state index in [0.29, 0.717) is 45.9 Å². The first-order chi connectivity index (χ1) is 24.5. The molecule has 0 saturated carbocycles. The minimum atomic E-state index is -5.20. The summed E-state index contributed by atoms with van der Waals surface area (Å²) in [7, 11) is 3.35. The highest BCUT2D eigenvalue weighted by Gasteiger charge is 2.57. The van der Waals surface area contributed by atoms with Crippen LogP contribution in [0, 0.1) is 25.2 Å². The number of aryl methyl sites for hydroxylation is 1. The summed E-state index contributed by atoms with van der Waals surface area (Å²) < 4.78 is 68.2. The lowest BCUT2D eigenvalue weighted by Crippen LogP contribution is -2.69. The van der Waals surface area contributed by atoms with Crippen LogP contribution in [0.4, 0.5) is 13.2 Å². The number of amides is 2. The van der Waals surface area contributed by atoms with E-state index in [1.165, 1.54) is 21.0 Å². The number of nitrogens with zero attached hydrogens (tertiary/aromatic N) is 3. The number of hydrogen-bond donors (Lipinski definition) is 2. The Bertz CT molecular complexity index is 1910. The summed E-state index contributed by atoms with van der Waals surface area (Å²) >= 11 is 0. The second kappa shape index (κ2) is 13.5. The number of halogens is 3. The van der Waals surface area contributed by atoms with Crippen molar-refractivity contribution in [1.29, 1.82) is 5.26 Å². The predicted molar refractivity (Wildman–Crippen MR) is 174 cm³/mol. The number of fused-ring (bicyclic) bond motifs is 9. The smallest absolute Gasteiger partial charge is 0.471 e. The molecule has 2 amide bonds. The second-order valence-electron chi connectivity index (χ2n) is 13.4. The Kier molecular flexibility index (Phi) is 9.51. The molecule has 2 N–H and O–H groups in total. The van der Waals surface area contributed by atoms with Crippen LogP contribution in [0.3, 0.4) is 0 Å². The molecule has 4 aliphatic rings. The number of methoxy groups -OCH3 is 1. The van der Waals surface area contributed by atoms with Crippen molar-refractivity contribution in [3.63, 3.8) is 0 Å². The van der Waals surface area contributed by atoms with Gasteiger partial charge in [-0.2, -0.15) is 18.4 Å². The highest BCUT2D eigenvalue weighted by Crippen LogP contribution is 2.58. The Hall–Kier alpha value is -5.08. The number of ether oxygens (including phenoxy) is 5. The lowest BCUT2D eigenvalue weighted by Gasteiger charge is -2.60. The minimum Gasteiger partial charge on any atom is -0.493 e. The van der Waals surface area contributed by atoms with Gasteiger partial charge in [-0.3, -0.25) is 29.0 Å². The van der Waals surface area contributed by atoms with E-state index in [-0.39, 0.29) is 31.3 Å². The average Bonchev–Trinajstić information content (AvgIpc) is 3.55. The second-order valence-corrected chi connectivity index (χ2v) is 13.4. The summed E-state index contributed by atoms with van der Waals surface area (Å²) in [5.41, 5.74) is 3.76. The van der Waals surface area contributed by atoms with Crippen LogP contribution in [-0.2, 0) is 32.0 Å². The number of nitrogens with one attached hydrogen (secondary N) is 2. The first-order valence-electron chi connectivity index (χ1n) is 16.6. The molecule has 17 heteroatoms. The highest BCUT2D eigenvalue weighted by atomic mass is 19.4. The number of nitriles is 1. The summed E-state index contributed by atoms with van der Waals surface area (Å²) in [6.45, 7) is 6.78. The minimum absolute atomic E-state index is 0.164. The van der Waals surface area contributed by atoms with E-state index in [9.17, 15) is 37.6 Å². The summed E-state index contributed by atoms with van der Waals surface area (Å²) in [6, 6.07) is -0.406. The number of benzene rings is 2. The molecule has 52 heavy (non-hydrogen) atoms. The molecule has 3 unspecified atom stereocenters. The van der Waals surface area contributed by atoms with Gasteiger partial charge in [0.2, 0.25) is 12.7 Å². The van der Waals surface area contributed by atoms with E-state index in [1.54, 1.807) is 12.2 Å². The number of carbonyl (C=O) groups excluding carboxylic acids is 4. The SMILES string of the molecule is COc1c(C)cc2c(c1OC(C)=O)C1C3Cc4c(OC(C)=O)c(C)c5c(c4[C@H](CNC(=O)[C@@H](C)NC(=O)C(F)(F)F)N3[C@@H](C#N)C(C2)N1C)OCO5. The Labute approximate surface area is 297 Å². The zero-order valence-corrected chi connectivity index (χ0v) is 29.5. The Morgan fingerprint density at radius 1 is 1.02 bits per heavy atom. The van der Waals surface area contributed by atoms with Gasteiger partial charge in [0.05, 0.1) is 25.3 Å². The quantitative estimate of drug-likeness (QED) is 0.316. The molecule has 4 heterocycles. The molecule has 0 spiro atoms. The van der Waals surface area contributed by atoms with Crippen molar-refractivity contribution in [2.75, 3.05) is 27.5 Å². The molecule has 0 aliphatic carbocycles. The zero-order chi connectivity index (χ0) is 38.0. The first kappa shape index (κ1) is 36.7. The summed E-state index contributed by atoms with van der Waals surface area (Å²) in [4.78, 5) is 53.9. The van der Waals surface area contributed by atoms with Gasteiger partial charge >= 0.3 is 24.0 Å². The van der Waals surface area contributed by atoms with Gasteiger partial charge in [0.1, 0.15) is 17.8 Å². The van der Waals surface area contributed by atoms with Gasteiger partial charge in [-0.15, -0.1) is 0 Å². The Morgan fingerprint density at radius 3 is 2.29 bits per heavy atom. The molecule has 2 aromatic carbocycles. The monoisotopic (exact) mass is 729 g/mol. The number of alkyl halides is 3. The van der Waals surface area contributed by atoms with Crippen molar-refractivity contribution in [3.8, 4) is 34.8 Å². The summed E-state index contributed by atoms with van der Waals surface area (Å²) in [5, 5.41) is 15.2. The summed E-state index contributed by atoms with van der Waals surface area (Å²) in [6.07, 6.45) is -4.64. The van der Waals surface area contributed by atoms with Crippen LogP contribution in [0.1, 0.15) is 66.2 Å². The molecule has 0 radical (unpaired) electrons. The Balaban J connectivity index is 1.55. The van der Waals surface area contributed by atoms with E-state index in [2.05, 4.69) is 16.3 Å². The average molecular weight is 730 g/mol. The van der Waals surface area contributed by atoms with Crippen molar-refractivity contribution in [3.05, 3.63) is 39.4 Å². The van der Waals surface area contributed by atoms with Gasteiger partial charge in [0.25, 0.3) is 0 Å². The largest absolute Gasteiger partial charge is 0.493 e. The molecule has 1 saturated heterocycles. The van der Waals surface area contributed by atoms with E-state index < -0.39 is 66.2 Å². The number of carbonyl (C=O) groups is 4. The van der Waals surface area contributed by atoms with Gasteiger partial charge < -0.3 is 34.3 Å². The first-order valence-corrected chi connectivity index (χ1v) is 16.6. The normalized spacial score (nSPS) is 23.6. The standard InChI is InChI=1S/C35H38F3N5O9/c1-14-8-19-9-21-23(11-39)43-22(27(42(21)6)25(19)32(28(14)48-7)52-18(5)45)10-20-26(31-30(49-13-50-31)15(2)29(20)51-17(4)44)24(43)12-40-33(46)16(3)41-34(47)35(36,37)38/h8,16,21-24,27H,9-10,12-13H2,1-7H3,(H,40,46)(H,41,47)/t16-,21?,22?,23+,24+,27?/m1/s1. The lowest BCUT2D eigenvalue weighted by molar-refractivity contribution is -0.174. The van der Waals surface area contributed by atoms with Gasteiger partial charge in [-0.1, -0.05) is 6.07 Å². The van der Waals surface area contributed by atoms with Crippen molar-refractivity contribution in [2.24, 2.45) is 0 Å². The number of rotatable bonds is 7. The maximum absolute atomic E-state index is 13.3. The molecule has 14 nitrogen and oxygen atoms in total. The van der Waals surface area contributed by atoms with Crippen molar-refractivity contribution >= 4 is 23.8 Å². The highest BCUT2D eigenvalue weighted by molar-refractivity contribution is 5.89. The molecule has 6 rings (SSSR count). The molecule has 2 bridgehead atoms. The number of esters is 2. The zero-order valence-electron chi connectivity index (χ0n) is 29.5. The number of likely N-dealkylation sites (N-methyl/N-ethyl adjacent to an activating group) is 1. The molecular formula is C35H38F3N5O9. The van der Waals surface area contributed by atoms with Gasteiger partial charge in [0.15, 0.2) is 23.0 Å². The van der Waals surface area contributed by atoms with E-state index in [4.69, 9.17) is 23.7 Å². The lowest BCUT2D eigenvalue weighted by atomic mass is 9.71. The van der Waals surface area contributed by atoms with Crippen LogP contribution >= 0.6 is 0 Å². The van der Waals surface area contributed by atoms with Crippen molar-refractivity contribution in [2.45, 2.75) is 89.9 Å². The van der Waals surface area contributed by atoms with E-state index in [0.717, 1.165) is 18.1 Å². The van der Waals surface area contributed by atoms with Crippen LogP contribution < -0.4 is 34.3 Å². The summed E-state index contributed by atoms with van der Waals surface area (Å²) in [5.74, 6) is -2.92. The third-order valence-electron chi connectivity index (χ3n) is 10.2. The van der Waals surface area contributed by atoms with Gasteiger partial charge in [0, 0.05) is 54.7 Å². The van der Waals surface area contributed by atoms with Crippen molar-refractivity contribution in [1.82, 2.24) is 20.4 Å². The van der Waals surface area contributed by atoms with Crippen LogP contribution in [-0.4, -0.2) is 91.4 Å². The molecule has 0 aromatic heterocycles. The number of hydrogen-bond acceptors (Lipinski definition) is 12. The van der Waals surface area contributed by atoms with E-state index in [1.807, 2.05) is 24.9 Å². The predicted octanol–water partition coefficient (Wildman–Crippen LogP) is 2.85. The topological polar surface area (TPSA) is 169 Å². The Morgan fingerprint density at radius 2 is 1.67 bits per heavy atom. The third kappa shape index (κ3) is 6.03. The fraction of sp³-hybridized carbons (Fsp3) is 0.514. The van der Waals surface area contributed by atoms with Gasteiger partial charge in [-0.05, 0) is 51.8 Å². The fourth-order valence-corrected chi connectivity index (χ4v) is 8.23. The van der Waals surface area contributed by atoms with Crippen LogP contribution in [0.2, 0.25) is 0 Å². The molecule has 2 aromatic rings. The molecule has 278 valence electrons. The van der Waals surface area contributed by atoms with Crippen LogP contribution in [0.25, 0.3) is 0 Å². The van der Waals surface area contributed by atoms with Crippen LogP contribution in [0.15, 0.2) is 6.07 Å². The maximum atomic E-state index is 13.3. The van der Waals surface area contributed by atoms with Crippen molar-refractivity contribution < 1.29 is 56.0 Å². The molecule has 1 fully saturated rings. The molecular weight excluding hydrogens is 691 g/mol. The van der Waals surface area contributed by atoms with Crippen LogP contribution in [0.5, 0.6) is 28.7 Å². The molecule has 6 atom stereocenters. The molecule has 4 aliphatic heterocycles. The maximum Gasteiger partial charge on any atom is 0.471 e. The number of piperazine rings is 1. The van der Waals surface area contributed by atoms with E-state index >= 15 is 0 Å². The third-order valence-corrected chi connectivity index (χ3v) is 10.2. The van der Waals surface area contributed by atoms with Gasteiger partial charge in [-0.25, -0.2) is 0 Å². The fourth-order valence-electron chi connectivity index (χ4n) is 8.23.